The SMILES string of the molecule is Oc1cc(-c2ncc3c(N4CC5CCC(C4)N5)nc(OCC45CC(F)CN4C4CCCCC4C5)nc3c2F)c2c(I)cccc2c1. The lowest BCUT2D eigenvalue weighted by Crippen LogP contribution is -2.51. The van der Waals surface area contributed by atoms with Crippen LogP contribution in [0.4, 0.5) is 14.6 Å². The number of halogens is 3. The summed E-state index contributed by atoms with van der Waals surface area (Å²) in [6.07, 6.45) is 9.08. The van der Waals surface area contributed by atoms with Gasteiger partial charge in [0.1, 0.15) is 35.6 Å². The number of aromatic hydroxyl groups is 1. The average Bonchev–Trinajstić information content (AvgIpc) is 3.66. The van der Waals surface area contributed by atoms with Crippen LogP contribution in [0.15, 0.2) is 36.5 Å². The van der Waals surface area contributed by atoms with Crippen LogP contribution < -0.4 is 15.0 Å². The third-order valence-electron chi connectivity index (χ3n) is 11.3. The summed E-state index contributed by atoms with van der Waals surface area (Å²) >= 11 is 2.24. The smallest absolute Gasteiger partial charge is 0.319 e. The van der Waals surface area contributed by atoms with Crippen LogP contribution in [-0.2, 0) is 0 Å². The molecule has 4 aliphatic heterocycles. The molecule has 2 bridgehead atoms. The van der Waals surface area contributed by atoms with Gasteiger partial charge in [-0.25, -0.2) is 8.78 Å². The molecule has 2 N–H and O–H groups in total. The highest BCUT2D eigenvalue weighted by molar-refractivity contribution is 14.1. The number of phenols is 1. The molecule has 1 aliphatic carbocycles. The molecule has 9 rings (SSSR count). The van der Waals surface area contributed by atoms with E-state index in [-0.39, 0.29) is 35.1 Å². The first kappa shape index (κ1) is 29.3. The van der Waals surface area contributed by atoms with Gasteiger partial charge in [0.2, 0.25) is 0 Å². The number of nitrogens with one attached hydrogen (secondary N) is 1. The van der Waals surface area contributed by atoms with Crippen LogP contribution >= 0.6 is 22.6 Å². The van der Waals surface area contributed by atoms with Gasteiger partial charge >= 0.3 is 6.01 Å². The third-order valence-corrected chi connectivity index (χ3v) is 12.2. The Labute approximate surface area is 280 Å². The normalized spacial score (nSPS) is 30.7. The number of hydrogen-bond donors (Lipinski definition) is 2. The van der Waals surface area contributed by atoms with Crippen LogP contribution in [0.2, 0.25) is 0 Å². The van der Waals surface area contributed by atoms with Crippen LogP contribution in [0.1, 0.15) is 51.4 Å². The summed E-state index contributed by atoms with van der Waals surface area (Å²) < 4.78 is 39.2. The van der Waals surface area contributed by atoms with Crippen molar-refractivity contribution < 1.29 is 18.6 Å². The number of phenolic OH excluding ortho intramolecular Hbond substituents is 1. The van der Waals surface area contributed by atoms with E-state index in [1.165, 1.54) is 19.3 Å². The fraction of sp³-hybridized carbons (Fsp3) is 0.514. The van der Waals surface area contributed by atoms with E-state index in [4.69, 9.17) is 14.7 Å². The molecule has 4 saturated heterocycles. The highest BCUT2D eigenvalue weighted by atomic mass is 127. The number of pyridine rings is 1. The summed E-state index contributed by atoms with van der Waals surface area (Å²) in [6, 6.07) is 10.2. The van der Waals surface area contributed by atoms with Gasteiger partial charge in [0.15, 0.2) is 5.82 Å². The number of fused-ring (bicyclic) bond motifs is 7. The number of alkyl halides is 1. The Balaban J connectivity index is 1.15. The van der Waals surface area contributed by atoms with Crippen molar-refractivity contribution in [2.45, 2.75) is 81.2 Å². The van der Waals surface area contributed by atoms with Gasteiger partial charge in [-0.1, -0.05) is 25.0 Å². The predicted molar refractivity (Wildman–Crippen MR) is 182 cm³/mol. The lowest BCUT2D eigenvalue weighted by Gasteiger charge is -2.36. The maximum absolute atomic E-state index is 16.9. The van der Waals surface area contributed by atoms with Gasteiger partial charge in [-0.3, -0.25) is 9.88 Å². The Bertz CT molecular complexity index is 1850. The first-order chi connectivity index (χ1) is 22.3. The molecule has 0 spiro atoms. The van der Waals surface area contributed by atoms with E-state index in [2.05, 4.69) is 42.7 Å². The monoisotopic (exact) mass is 738 g/mol. The lowest BCUT2D eigenvalue weighted by molar-refractivity contribution is 0.0775. The topological polar surface area (TPSA) is 86.6 Å². The average molecular weight is 739 g/mol. The minimum atomic E-state index is -0.873. The number of benzene rings is 2. The molecular weight excluding hydrogens is 701 g/mol. The number of nitrogens with zero attached hydrogens (tertiary/aromatic N) is 5. The minimum Gasteiger partial charge on any atom is -0.508 e. The van der Waals surface area contributed by atoms with Crippen LogP contribution in [0.5, 0.6) is 11.8 Å². The maximum atomic E-state index is 16.9. The third kappa shape index (κ3) is 4.74. The summed E-state index contributed by atoms with van der Waals surface area (Å²) in [4.78, 5) is 18.9. The maximum Gasteiger partial charge on any atom is 0.319 e. The van der Waals surface area contributed by atoms with E-state index >= 15 is 4.39 Å². The van der Waals surface area contributed by atoms with Gasteiger partial charge in [-0.05, 0) is 84.2 Å². The number of hydrogen-bond acceptors (Lipinski definition) is 8. The molecule has 0 amide bonds. The number of ether oxygens (including phenoxy) is 1. The quantitative estimate of drug-likeness (QED) is 0.229. The molecule has 11 heteroatoms. The zero-order chi connectivity index (χ0) is 31.2. The largest absolute Gasteiger partial charge is 0.508 e. The van der Waals surface area contributed by atoms with Crippen molar-refractivity contribution in [3.05, 3.63) is 45.9 Å². The highest BCUT2D eigenvalue weighted by Gasteiger charge is 2.57. The zero-order valence-electron chi connectivity index (χ0n) is 25.6. The first-order valence-corrected chi connectivity index (χ1v) is 17.8. The van der Waals surface area contributed by atoms with E-state index in [1.807, 2.05) is 18.2 Å². The Hall–Kier alpha value is -2.90. The van der Waals surface area contributed by atoms with Crippen LogP contribution in [0.3, 0.4) is 0 Å². The van der Waals surface area contributed by atoms with Crippen molar-refractivity contribution in [2.75, 3.05) is 31.1 Å². The fourth-order valence-electron chi connectivity index (χ4n) is 9.45. The Morgan fingerprint density at radius 1 is 1.04 bits per heavy atom. The minimum absolute atomic E-state index is 0.0400. The Morgan fingerprint density at radius 3 is 2.72 bits per heavy atom. The van der Waals surface area contributed by atoms with Crippen molar-refractivity contribution in [3.8, 4) is 23.0 Å². The number of anilines is 1. The molecule has 6 unspecified atom stereocenters. The molecule has 2 aromatic carbocycles. The van der Waals surface area contributed by atoms with E-state index in [0.29, 0.717) is 53.8 Å². The van der Waals surface area contributed by atoms with E-state index < -0.39 is 12.0 Å². The molecule has 8 nitrogen and oxygen atoms in total. The highest BCUT2D eigenvalue weighted by Crippen LogP contribution is 2.51. The molecule has 6 heterocycles. The van der Waals surface area contributed by atoms with Gasteiger partial charge in [-0.15, -0.1) is 0 Å². The first-order valence-electron chi connectivity index (χ1n) is 16.7. The Morgan fingerprint density at radius 2 is 1.87 bits per heavy atom. The molecule has 0 radical (unpaired) electrons. The molecule has 5 aliphatic rings. The number of piperazine rings is 1. The summed E-state index contributed by atoms with van der Waals surface area (Å²) in [5.74, 6) is 0.654. The van der Waals surface area contributed by atoms with Crippen LogP contribution in [0.25, 0.3) is 32.9 Å². The standard InChI is InChI=1S/C35H37F2IN6O2/c36-21-13-35(12-20-4-1-2-7-28(20)44(35)15-21)18-46-34-41-32-26(33(42-34)43-16-22-8-9-23(17-43)40-22)14-39-31(30(32)37)25-11-24(45)10-19-5-3-6-27(38)29(19)25/h3,5-6,10-11,14,20-23,28,40,45H,1-2,4,7-9,12-13,15-18H2. The van der Waals surface area contributed by atoms with Gasteiger partial charge in [0, 0.05) is 64.9 Å². The van der Waals surface area contributed by atoms with Crippen LogP contribution in [-0.4, -0.2) is 81.0 Å². The van der Waals surface area contributed by atoms with E-state index in [0.717, 1.165) is 53.1 Å². The van der Waals surface area contributed by atoms with E-state index in [9.17, 15) is 9.50 Å². The predicted octanol–water partition coefficient (Wildman–Crippen LogP) is 6.36. The van der Waals surface area contributed by atoms with Crippen molar-refractivity contribution in [2.24, 2.45) is 5.92 Å². The Kier molecular flexibility index (Phi) is 7.05. The molecule has 240 valence electrons. The second-order valence-corrected chi connectivity index (χ2v) is 15.3. The van der Waals surface area contributed by atoms with Crippen molar-refractivity contribution in [3.63, 3.8) is 0 Å². The molecule has 1 saturated carbocycles. The lowest BCUT2D eigenvalue weighted by atomic mass is 9.81. The van der Waals surface area contributed by atoms with Gasteiger partial charge < -0.3 is 20.1 Å². The summed E-state index contributed by atoms with van der Waals surface area (Å²) in [5.41, 5.74) is 0.382. The molecule has 5 fully saturated rings. The number of rotatable bonds is 5. The zero-order valence-corrected chi connectivity index (χ0v) is 27.7. The molecular formula is C35H37F2IN6O2. The van der Waals surface area contributed by atoms with Crippen molar-refractivity contribution >= 4 is 50.1 Å². The van der Waals surface area contributed by atoms with Gasteiger partial charge in [-0.2, -0.15) is 9.97 Å². The number of aromatic nitrogens is 3. The summed E-state index contributed by atoms with van der Waals surface area (Å²) in [6.45, 7) is 2.25. The molecule has 2 aromatic heterocycles. The van der Waals surface area contributed by atoms with Crippen molar-refractivity contribution in [1.82, 2.24) is 25.2 Å². The van der Waals surface area contributed by atoms with Crippen LogP contribution in [0, 0.1) is 15.3 Å². The van der Waals surface area contributed by atoms with Crippen molar-refractivity contribution in [1.29, 1.82) is 0 Å². The summed E-state index contributed by atoms with van der Waals surface area (Å²) in [5, 5.41) is 16.4. The van der Waals surface area contributed by atoms with Gasteiger partial charge in [0.25, 0.3) is 0 Å². The molecule has 6 atom stereocenters. The second-order valence-electron chi connectivity index (χ2n) is 14.2. The van der Waals surface area contributed by atoms with Gasteiger partial charge in [0.05, 0.1) is 10.9 Å². The summed E-state index contributed by atoms with van der Waals surface area (Å²) in [7, 11) is 0. The molecule has 46 heavy (non-hydrogen) atoms. The fourth-order valence-corrected chi connectivity index (χ4v) is 10.3. The second kappa shape index (κ2) is 11.1. The van der Waals surface area contributed by atoms with E-state index in [1.54, 1.807) is 18.3 Å². The molecule has 4 aromatic rings.